The molecule has 5 nitrogen and oxygen atoms in total. The van der Waals surface area contributed by atoms with Crippen molar-refractivity contribution in [1.82, 2.24) is 19.6 Å². The molecule has 0 atom stereocenters. The van der Waals surface area contributed by atoms with Crippen LogP contribution in [0.1, 0.15) is 5.56 Å². The van der Waals surface area contributed by atoms with Crippen LogP contribution in [0.4, 0.5) is 0 Å². The van der Waals surface area contributed by atoms with Gasteiger partial charge in [0.15, 0.2) is 0 Å². The van der Waals surface area contributed by atoms with Crippen molar-refractivity contribution in [3.63, 3.8) is 0 Å². The Morgan fingerprint density at radius 3 is 3.11 bits per heavy atom. The van der Waals surface area contributed by atoms with E-state index in [1.54, 1.807) is 17.7 Å². The molecule has 0 aliphatic carbocycles. The molecule has 0 unspecified atom stereocenters. The highest BCUT2D eigenvalue weighted by atomic mass is 32.1. The van der Waals surface area contributed by atoms with E-state index in [0.717, 1.165) is 10.6 Å². The minimum atomic E-state index is 0.691. The number of aryl methyl sites for hydroxylation is 2. The molecule has 0 saturated heterocycles. The zero-order chi connectivity index (χ0) is 12.3. The second kappa shape index (κ2) is 3.23. The zero-order valence-corrected chi connectivity index (χ0v) is 10.8. The van der Waals surface area contributed by atoms with Gasteiger partial charge in [-0.2, -0.15) is 9.38 Å². The molecule has 6 heteroatoms. The molecule has 0 spiro atoms. The molecule has 88 valence electrons. The molecule has 0 saturated carbocycles. The summed E-state index contributed by atoms with van der Waals surface area (Å²) in [6.45, 7) is 2.12. The first-order valence-corrected chi connectivity index (χ1v) is 6.45. The largest absolute Gasteiger partial charge is 0.284 e. The maximum Gasteiger partial charge on any atom is 0.284 e. The van der Waals surface area contributed by atoms with Crippen molar-refractivity contribution >= 4 is 37.8 Å². The van der Waals surface area contributed by atoms with E-state index in [9.17, 15) is 0 Å². The van der Waals surface area contributed by atoms with Crippen molar-refractivity contribution < 1.29 is 4.57 Å². The van der Waals surface area contributed by atoms with Gasteiger partial charge in [0.2, 0.25) is 0 Å². The van der Waals surface area contributed by atoms with E-state index in [2.05, 4.69) is 44.7 Å². The van der Waals surface area contributed by atoms with Gasteiger partial charge >= 0.3 is 0 Å². The predicted octanol–water partition coefficient (Wildman–Crippen LogP) is 1.63. The van der Waals surface area contributed by atoms with E-state index in [0.29, 0.717) is 5.65 Å². The average Bonchev–Trinajstić information content (AvgIpc) is 2.84. The van der Waals surface area contributed by atoms with E-state index in [-0.39, 0.29) is 0 Å². The second-order valence-corrected chi connectivity index (χ2v) is 5.35. The maximum absolute atomic E-state index is 4.54. The van der Waals surface area contributed by atoms with Crippen molar-refractivity contribution in [3.05, 3.63) is 30.1 Å². The summed E-state index contributed by atoms with van der Waals surface area (Å²) in [6, 6.07) is 6.33. The maximum atomic E-state index is 4.54. The van der Waals surface area contributed by atoms with Crippen molar-refractivity contribution in [1.29, 1.82) is 0 Å². The van der Waals surface area contributed by atoms with Gasteiger partial charge in [-0.05, 0) is 23.7 Å². The van der Waals surface area contributed by atoms with Gasteiger partial charge in [-0.15, -0.1) is 0 Å². The first kappa shape index (κ1) is 9.90. The molecule has 0 fully saturated rings. The van der Waals surface area contributed by atoms with Crippen LogP contribution in [0.2, 0.25) is 0 Å². The van der Waals surface area contributed by atoms with Crippen LogP contribution in [0.5, 0.6) is 0 Å². The van der Waals surface area contributed by atoms with E-state index in [4.69, 9.17) is 0 Å². The molecule has 0 aliphatic rings. The van der Waals surface area contributed by atoms with Crippen molar-refractivity contribution in [3.8, 4) is 0 Å². The molecule has 0 N–H and O–H groups in total. The number of nitrogens with zero attached hydrogens (tertiary/aromatic N) is 5. The molecule has 3 aromatic heterocycles. The van der Waals surface area contributed by atoms with Crippen LogP contribution >= 0.6 is 11.3 Å². The first-order chi connectivity index (χ1) is 8.75. The molecular weight excluding hydrogens is 246 g/mol. The second-order valence-electron chi connectivity index (χ2n) is 4.34. The number of hydrogen-bond donors (Lipinski definition) is 0. The van der Waals surface area contributed by atoms with Crippen molar-refractivity contribution in [2.45, 2.75) is 6.92 Å². The molecule has 0 amide bonds. The summed E-state index contributed by atoms with van der Waals surface area (Å²) in [7, 11) is 1.97. The highest BCUT2D eigenvalue weighted by molar-refractivity contribution is 7.23. The minimum absolute atomic E-state index is 0.691. The smallest absolute Gasteiger partial charge is 0.233 e. The van der Waals surface area contributed by atoms with Gasteiger partial charge in [0, 0.05) is 5.10 Å². The molecular formula is C12H10N5S+. The number of thiazole rings is 1. The summed E-state index contributed by atoms with van der Waals surface area (Å²) >= 11 is 1.68. The van der Waals surface area contributed by atoms with Crippen LogP contribution in [0.15, 0.2) is 24.5 Å². The fourth-order valence-electron chi connectivity index (χ4n) is 2.35. The number of para-hydroxylation sites is 1. The molecule has 4 rings (SSSR count). The van der Waals surface area contributed by atoms with Crippen LogP contribution < -0.4 is 4.57 Å². The minimum Gasteiger partial charge on any atom is -0.233 e. The lowest BCUT2D eigenvalue weighted by Crippen LogP contribution is -2.30. The summed E-state index contributed by atoms with van der Waals surface area (Å²) in [5.41, 5.74) is 4.13. The Bertz CT molecular complexity index is 834. The molecule has 0 radical (unpaired) electrons. The molecule has 0 bridgehead atoms. The van der Waals surface area contributed by atoms with Gasteiger partial charge in [-0.3, -0.25) is 0 Å². The van der Waals surface area contributed by atoms with Gasteiger partial charge < -0.3 is 0 Å². The number of aromatic nitrogens is 5. The summed E-state index contributed by atoms with van der Waals surface area (Å²) in [5, 5.41) is 8.02. The lowest BCUT2D eigenvalue weighted by atomic mass is 10.2. The average molecular weight is 256 g/mol. The van der Waals surface area contributed by atoms with Crippen LogP contribution in [0.25, 0.3) is 26.5 Å². The third kappa shape index (κ3) is 1.10. The summed E-state index contributed by atoms with van der Waals surface area (Å²) < 4.78 is 5.37. The standard InChI is InChI=1S/C12H10N5S/c1-7-4-3-5-8-9(7)17-11-10(14-12(17)18-8)15-13-6-16(11)2/h3-6H,1-2H3/q+1. The van der Waals surface area contributed by atoms with Gasteiger partial charge in [0.1, 0.15) is 5.52 Å². The van der Waals surface area contributed by atoms with Crippen LogP contribution in [0, 0.1) is 6.92 Å². The molecule has 1 aromatic carbocycles. The topological polar surface area (TPSA) is 47.0 Å². The first-order valence-electron chi connectivity index (χ1n) is 5.63. The van der Waals surface area contributed by atoms with Crippen LogP contribution in [-0.2, 0) is 7.05 Å². The number of imidazole rings is 1. The highest BCUT2D eigenvalue weighted by Gasteiger charge is 2.20. The third-order valence-electron chi connectivity index (χ3n) is 3.14. The Labute approximate surface area is 106 Å². The lowest BCUT2D eigenvalue weighted by Gasteiger charge is -1.95. The van der Waals surface area contributed by atoms with Crippen LogP contribution in [-0.4, -0.2) is 19.6 Å². The normalized spacial score (nSPS) is 11.9. The fourth-order valence-corrected chi connectivity index (χ4v) is 3.44. The van der Waals surface area contributed by atoms with Gasteiger partial charge in [-0.1, -0.05) is 23.5 Å². The molecule has 0 aliphatic heterocycles. The summed E-state index contributed by atoms with van der Waals surface area (Å²) in [4.78, 5) is 5.50. The Balaban J connectivity index is 2.40. The predicted molar refractivity (Wildman–Crippen MR) is 69.6 cm³/mol. The third-order valence-corrected chi connectivity index (χ3v) is 4.15. The monoisotopic (exact) mass is 256 g/mol. The van der Waals surface area contributed by atoms with E-state index in [1.807, 2.05) is 11.6 Å². The SMILES string of the molecule is Cc1cccc2sc3nc4nnc[n+](C)c4n3c12. The van der Waals surface area contributed by atoms with E-state index >= 15 is 0 Å². The molecule has 18 heavy (non-hydrogen) atoms. The van der Waals surface area contributed by atoms with Gasteiger partial charge in [0.05, 0.1) is 11.7 Å². The van der Waals surface area contributed by atoms with Gasteiger partial charge in [0.25, 0.3) is 22.6 Å². The zero-order valence-electron chi connectivity index (χ0n) is 9.95. The Hall–Kier alpha value is -2.08. The van der Waals surface area contributed by atoms with Crippen molar-refractivity contribution in [2.75, 3.05) is 0 Å². The molecule has 4 aromatic rings. The Morgan fingerprint density at radius 2 is 2.22 bits per heavy atom. The lowest BCUT2D eigenvalue weighted by molar-refractivity contribution is -0.650. The van der Waals surface area contributed by atoms with Gasteiger partial charge in [-0.25, -0.2) is 4.57 Å². The van der Waals surface area contributed by atoms with E-state index in [1.165, 1.54) is 15.8 Å². The quantitative estimate of drug-likeness (QED) is 0.449. The van der Waals surface area contributed by atoms with E-state index < -0.39 is 0 Å². The van der Waals surface area contributed by atoms with Crippen molar-refractivity contribution in [2.24, 2.45) is 7.05 Å². The number of hydrogen-bond acceptors (Lipinski definition) is 4. The Morgan fingerprint density at radius 1 is 1.33 bits per heavy atom. The molecule has 3 heterocycles. The highest BCUT2D eigenvalue weighted by Crippen LogP contribution is 2.30. The Kier molecular flexibility index (Phi) is 1.78. The number of benzene rings is 1. The summed E-state index contributed by atoms with van der Waals surface area (Å²) in [6.07, 6.45) is 1.71. The number of fused-ring (bicyclic) bond motifs is 5. The summed E-state index contributed by atoms with van der Waals surface area (Å²) in [5.74, 6) is 0. The number of rotatable bonds is 0. The fraction of sp³-hybridized carbons (Fsp3) is 0.167. The van der Waals surface area contributed by atoms with Crippen LogP contribution in [0.3, 0.4) is 0 Å².